The molecule has 0 N–H and O–H groups in total. The number of carbonyl (C=O) groups is 1. The normalized spacial score (nSPS) is 28.1. The second-order valence-corrected chi connectivity index (χ2v) is 28.8. The van der Waals surface area contributed by atoms with Gasteiger partial charge in [-0.25, -0.2) is 4.79 Å². The Morgan fingerprint density at radius 2 is 1.59 bits per heavy atom. The van der Waals surface area contributed by atoms with Crippen LogP contribution in [0.1, 0.15) is 153 Å². The maximum atomic E-state index is 13.6. The van der Waals surface area contributed by atoms with Crippen LogP contribution in [-0.4, -0.2) is 47.2 Å². The first-order valence-electron chi connectivity index (χ1n) is 20.5. The first-order valence-corrected chi connectivity index (χ1v) is 26.4. The Morgan fingerprint density at radius 3 is 2.14 bits per heavy atom. The van der Waals surface area contributed by atoms with Gasteiger partial charge in [-0.1, -0.05) is 131 Å². The molecule has 0 unspecified atom stereocenters. The third-order valence-corrected chi connectivity index (χ3v) is 22.3. The lowest BCUT2D eigenvalue weighted by molar-refractivity contribution is -0.217. The monoisotopic (exact) mass is 743 g/mol. The van der Waals surface area contributed by atoms with Crippen molar-refractivity contribution in [2.75, 3.05) is 6.61 Å². The van der Waals surface area contributed by atoms with Crippen LogP contribution in [0.25, 0.3) is 0 Å². The highest BCUT2D eigenvalue weighted by molar-refractivity contribution is 6.74. The second kappa shape index (κ2) is 17.5. The maximum Gasteiger partial charge on any atom is 0.332 e. The summed E-state index contributed by atoms with van der Waals surface area (Å²) in [5, 5.41) is -0.0282. The molecule has 51 heavy (non-hydrogen) atoms. The summed E-state index contributed by atoms with van der Waals surface area (Å²) >= 11 is 0. The highest BCUT2D eigenvalue weighted by Crippen LogP contribution is 2.56. The summed E-state index contributed by atoms with van der Waals surface area (Å²) < 4.78 is 27.5. The number of unbranched alkanes of at least 4 members (excludes halogenated alkanes) is 2. The summed E-state index contributed by atoms with van der Waals surface area (Å²) in [5.41, 5.74) is 5.57. The third kappa shape index (κ3) is 10.9. The van der Waals surface area contributed by atoms with Gasteiger partial charge in [0.2, 0.25) is 0 Å². The standard InChI is InChI=1S/C44H78O5Si2/c1-16-19-23-37(24-20-17-2)47-40(45)32-46-44(49-51(14,15)42(8,9)10)30-35(33(4)39(31-44)48-50(12,13)41(5,6)7)26-25-34-22-21-29-43(11)36(18-3)27-28-38(34)43/h25-27,37-39H,4,16-24,28-32H2,1-3,5-15H3/t38-,39-,43+,44+/m0/s1. The molecule has 7 heteroatoms. The van der Waals surface area contributed by atoms with E-state index in [1.807, 2.05) is 0 Å². The Bertz CT molecular complexity index is 1290. The largest absolute Gasteiger partial charge is 0.461 e. The van der Waals surface area contributed by atoms with Crippen molar-refractivity contribution in [1.82, 2.24) is 0 Å². The van der Waals surface area contributed by atoms with Crippen LogP contribution in [0.5, 0.6) is 0 Å². The van der Waals surface area contributed by atoms with Crippen LogP contribution in [0.15, 0.2) is 47.1 Å². The molecule has 4 atom stereocenters. The summed E-state index contributed by atoms with van der Waals surface area (Å²) in [6, 6.07) is 0. The van der Waals surface area contributed by atoms with E-state index >= 15 is 0 Å². The van der Waals surface area contributed by atoms with Gasteiger partial charge in [-0.15, -0.1) is 0 Å². The zero-order valence-electron chi connectivity index (χ0n) is 35.6. The molecule has 0 aromatic rings. The molecule has 0 amide bonds. The summed E-state index contributed by atoms with van der Waals surface area (Å²) in [5.74, 6) is -0.776. The molecule has 2 fully saturated rings. The molecule has 3 aliphatic rings. The summed E-state index contributed by atoms with van der Waals surface area (Å²) in [4.78, 5) is 13.6. The topological polar surface area (TPSA) is 54.0 Å². The van der Waals surface area contributed by atoms with E-state index in [0.29, 0.717) is 18.8 Å². The lowest BCUT2D eigenvalue weighted by Gasteiger charge is -2.51. The molecule has 0 bridgehead atoms. The van der Waals surface area contributed by atoms with Crippen molar-refractivity contribution < 1.29 is 23.1 Å². The quantitative estimate of drug-likeness (QED) is 0.0682. The predicted octanol–water partition coefficient (Wildman–Crippen LogP) is 13.2. The van der Waals surface area contributed by atoms with Crippen LogP contribution in [0.3, 0.4) is 0 Å². The number of ether oxygens (including phenoxy) is 2. The Balaban J connectivity index is 2.07. The minimum absolute atomic E-state index is 0.0230. The van der Waals surface area contributed by atoms with Crippen LogP contribution in [0, 0.1) is 11.3 Å². The van der Waals surface area contributed by atoms with Gasteiger partial charge in [0.15, 0.2) is 22.4 Å². The minimum atomic E-state index is -2.38. The van der Waals surface area contributed by atoms with E-state index < -0.39 is 22.4 Å². The summed E-state index contributed by atoms with van der Waals surface area (Å²) in [6.45, 7) is 36.6. The van der Waals surface area contributed by atoms with E-state index in [1.54, 1.807) is 11.1 Å². The molecule has 0 heterocycles. The molecule has 0 aromatic heterocycles. The van der Waals surface area contributed by atoms with Crippen molar-refractivity contribution in [3.8, 4) is 0 Å². The molecule has 0 spiro atoms. The minimum Gasteiger partial charge on any atom is -0.461 e. The first kappa shape index (κ1) is 44.1. The van der Waals surface area contributed by atoms with Gasteiger partial charge in [0, 0.05) is 12.8 Å². The number of carbonyl (C=O) groups excluding carboxylic acids is 1. The fraction of sp³-hybridized carbons (Fsp3) is 0.795. The Morgan fingerprint density at radius 1 is 0.980 bits per heavy atom. The van der Waals surface area contributed by atoms with E-state index in [-0.39, 0.29) is 40.3 Å². The number of esters is 1. The van der Waals surface area contributed by atoms with Crippen molar-refractivity contribution in [1.29, 1.82) is 0 Å². The zero-order chi connectivity index (χ0) is 38.5. The molecule has 5 nitrogen and oxygen atoms in total. The SMILES string of the molecule is C=C1C(=CC=C2CCC[C@]3(C)C(CC)=CC[C@@H]23)C[C@@](OCC(=O)OC(CCCC)CCCC)(O[Si](C)(C)C(C)(C)C)C[C@@H]1O[Si](C)(C)C(C)(C)C. The summed E-state index contributed by atoms with van der Waals surface area (Å²) in [6.07, 6.45) is 19.9. The van der Waals surface area contributed by atoms with Gasteiger partial charge in [0.1, 0.15) is 12.7 Å². The van der Waals surface area contributed by atoms with E-state index in [0.717, 1.165) is 68.9 Å². The Kier molecular flexibility index (Phi) is 15.1. The highest BCUT2D eigenvalue weighted by atomic mass is 28.4. The smallest absolute Gasteiger partial charge is 0.332 e. The van der Waals surface area contributed by atoms with Crippen molar-refractivity contribution >= 4 is 22.6 Å². The van der Waals surface area contributed by atoms with E-state index in [2.05, 4.69) is 114 Å². The molecular formula is C44H78O5Si2. The van der Waals surface area contributed by atoms with Crippen molar-refractivity contribution in [3.05, 3.63) is 47.1 Å². The van der Waals surface area contributed by atoms with Gasteiger partial charge in [-0.2, -0.15) is 0 Å². The number of hydrogen-bond acceptors (Lipinski definition) is 5. The van der Waals surface area contributed by atoms with Crippen molar-refractivity contribution in [2.45, 2.75) is 207 Å². The molecule has 0 radical (unpaired) electrons. The van der Waals surface area contributed by atoms with Crippen LogP contribution in [-0.2, 0) is 23.1 Å². The zero-order valence-corrected chi connectivity index (χ0v) is 37.6. The number of fused-ring (bicyclic) bond motifs is 1. The van der Waals surface area contributed by atoms with Crippen LogP contribution >= 0.6 is 0 Å². The average molecular weight is 743 g/mol. The molecule has 0 saturated heterocycles. The Hall–Kier alpha value is -1.26. The fourth-order valence-corrected chi connectivity index (χ4v) is 10.7. The molecule has 0 aliphatic heterocycles. The van der Waals surface area contributed by atoms with Gasteiger partial charge in [-0.3, -0.25) is 0 Å². The van der Waals surface area contributed by atoms with E-state index in [1.165, 1.54) is 12.8 Å². The summed E-state index contributed by atoms with van der Waals surface area (Å²) in [7, 11) is -4.59. The van der Waals surface area contributed by atoms with Crippen LogP contribution < -0.4 is 0 Å². The van der Waals surface area contributed by atoms with Gasteiger partial charge in [0.25, 0.3) is 0 Å². The van der Waals surface area contributed by atoms with Crippen molar-refractivity contribution in [3.63, 3.8) is 0 Å². The van der Waals surface area contributed by atoms with Gasteiger partial charge < -0.3 is 18.3 Å². The maximum absolute atomic E-state index is 13.6. The molecule has 292 valence electrons. The second-order valence-electron chi connectivity index (χ2n) is 19.3. The van der Waals surface area contributed by atoms with Crippen molar-refractivity contribution in [2.24, 2.45) is 11.3 Å². The van der Waals surface area contributed by atoms with Gasteiger partial charge in [0.05, 0.1) is 6.10 Å². The number of rotatable bonds is 16. The molecule has 0 aromatic carbocycles. The average Bonchev–Trinajstić information content (AvgIpc) is 3.37. The number of allylic oxidation sites excluding steroid dienone is 5. The highest BCUT2D eigenvalue weighted by Gasteiger charge is 2.52. The third-order valence-electron chi connectivity index (χ3n) is 13.3. The van der Waals surface area contributed by atoms with Gasteiger partial charge in [-0.05, 0) is 104 Å². The predicted molar refractivity (Wildman–Crippen MR) is 221 cm³/mol. The molecule has 3 rings (SSSR count). The van der Waals surface area contributed by atoms with Crippen LogP contribution in [0.4, 0.5) is 0 Å². The lowest BCUT2D eigenvalue weighted by atomic mass is 9.64. The Labute approximate surface area is 316 Å². The van der Waals surface area contributed by atoms with E-state index in [9.17, 15) is 4.79 Å². The molecule has 2 saturated carbocycles. The van der Waals surface area contributed by atoms with Crippen LogP contribution in [0.2, 0.25) is 36.3 Å². The lowest BCUT2D eigenvalue weighted by Crippen LogP contribution is -2.56. The first-order chi connectivity index (χ1) is 23.5. The number of hydrogen-bond donors (Lipinski definition) is 0. The molecule has 3 aliphatic carbocycles. The van der Waals surface area contributed by atoms with E-state index in [4.69, 9.17) is 24.9 Å². The molecular weight excluding hydrogens is 665 g/mol. The van der Waals surface area contributed by atoms with Gasteiger partial charge >= 0.3 is 5.97 Å². The fourth-order valence-electron chi connectivity index (χ4n) is 7.93.